The third kappa shape index (κ3) is 5.01. The molecule has 132 valence electrons. The van der Waals surface area contributed by atoms with Gasteiger partial charge in [-0.25, -0.2) is 4.39 Å². The van der Waals surface area contributed by atoms with Crippen LogP contribution in [0.4, 0.5) is 4.39 Å². The smallest absolute Gasteiger partial charge is 0.237 e. The van der Waals surface area contributed by atoms with E-state index in [9.17, 15) is 14.3 Å². The molecule has 5 nitrogen and oxygen atoms in total. The first-order valence-electron chi connectivity index (χ1n) is 8.25. The van der Waals surface area contributed by atoms with Crippen molar-refractivity contribution in [2.45, 2.75) is 31.7 Å². The van der Waals surface area contributed by atoms with Crippen LogP contribution in [0.5, 0.6) is 5.75 Å². The molecule has 0 aromatic heterocycles. The van der Waals surface area contributed by atoms with Gasteiger partial charge in [0.2, 0.25) is 5.91 Å². The number of carbonyl (C=O) groups is 1. The molecule has 1 fully saturated rings. The molecule has 0 saturated carbocycles. The van der Waals surface area contributed by atoms with Crippen LogP contribution in [0.15, 0.2) is 48.5 Å². The highest BCUT2D eigenvalue weighted by Crippen LogP contribution is 2.15. The summed E-state index contributed by atoms with van der Waals surface area (Å²) in [7, 11) is 0. The van der Waals surface area contributed by atoms with E-state index in [2.05, 4.69) is 10.6 Å². The van der Waals surface area contributed by atoms with Gasteiger partial charge < -0.3 is 20.5 Å². The van der Waals surface area contributed by atoms with Crippen LogP contribution in [0.2, 0.25) is 0 Å². The molecule has 1 aliphatic heterocycles. The lowest BCUT2D eigenvalue weighted by atomic mass is 10.1. The van der Waals surface area contributed by atoms with Crippen molar-refractivity contribution in [1.82, 2.24) is 10.6 Å². The van der Waals surface area contributed by atoms with Crippen molar-refractivity contribution in [1.29, 1.82) is 0 Å². The second-order valence-corrected chi connectivity index (χ2v) is 6.13. The zero-order valence-electron chi connectivity index (χ0n) is 13.7. The fraction of sp³-hybridized carbons (Fsp3) is 0.316. The molecule has 3 N–H and O–H groups in total. The number of benzene rings is 2. The molecule has 25 heavy (non-hydrogen) atoms. The molecule has 1 heterocycles. The molecular formula is C19H21FN2O3. The lowest BCUT2D eigenvalue weighted by Crippen LogP contribution is -2.39. The fourth-order valence-electron chi connectivity index (χ4n) is 2.73. The standard InChI is InChI=1S/C19H21FN2O3/c20-15-3-1-2-14(8-15)12-25-17-6-4-13(5-7-17)10-22-19(24)18-9-16(23)11-21-18/h1-8,16,18,21,23H,9-12H2,(H,22,24)/t16-,18-/m0/s1. The van der Waals surface area contributed by atoms with Crippen LogP contribution < -0.4 is 15.4 Å². The Morgan fingerprint density at radius 1 is 1.24 bits per heavy atom. The zero-order valence-corrected chi connectivity index (χ0v) is 13.7. The summed E-state index contributed by atoms with van der Waals surface area (Å²) < 4.78 is 18.7. The van der Waals surface area contributed by atoms with Gasteiger partial charge in [-0.15, -0.1) is 0 Å². The number of amides is 1. The summed E-state index contributed by atoms with van der Waals surface area (Å²) in [6, 6.07) is 13.3. The summed E-state index contributed by atoms with van der Waals surface area (Å²) in [5.41, 5.74) is 1.72. The zero-order chi connectivity index (χ0) is 17.6. The Kier molecular flexibility index (Phi) is 5.63. The molecule has 0 spiro atoms. The van der Waals surface area contributed by atoms with E-state index in [4.69, 9.17) is 4.74 Å². The van der Waals surface area contributed by atoms with Crippen LogP contribution in [-0.2, 0) is 17.9 Å². The van der Waals surface area contributed by atoms with Gasteiger partial charge in [0.25, 0.3) is 0 Å². The van der Waals surface area contributed by atoms with Gasteiger partial charge in [0, 0.05) is 13.1 Å². The highest BCUT2D eigenvalue weighted by atomic mass is 19.1. The number of ether oxygens (including phenoxy) is 1. The SMILES string of the molecule is O=C(NCc1ccc(OCc2cccc(F)c2)cc1)[C@@H]1C[C@H](O)CN1. The van der Waals surface area contributed by atoms with E-state index in [0.717, 1.165) is 11.1 Å². The topological polar surface area (TPSA) is 70.6 Å². The summed E-state index contributed by atoms with van der Waals surface area (Å²) >= 11 is 0. The van der Waals surface area contributed by atoms with E-state index in [0.29, 0.717) is 31.9 Å². The van der Waals surface area contributed by atoms with Crippen LogP contribution in [0.25, 0.3) is 0 Å². The molecule has 6 heteroatoms. The normalized spacial score (nSPS) is 19.6. The van der Waals surface area contributed by atoms with Crippen LogP contribution in [0.3, 0.4) is 0 Å². The summed E-state index contributed by atoms with van der Waals surface area (Å²) in [5.74, 6) is 0.291. The van der Waals surface area contributed by atoms with Crippen molar-refractivity contribution in [2.75, 3.05) is 6.54 Å². The maximum Gasteiger partial charge on any atom is 0.237 e. The van der Waals surface area contributed by atoms with Crippen molar-refractivity contribution in [2.24, 2.45) is 0 Å². The van der Waals surface area contributed by atoms with E-state index >= 15 is 0 Å². The average Bonchev–Trinajstić information content (AvgIpc) is 3.05. The summed E-state index contributed by atoms with van der Waals surface area (Å²) in [6.45, 7) is 1.16. The Bertz CT molecular complexity index is 721. The van der Waals surface area contributed by atoms with Crippen LogP contribution in [-0.4, -0.2) is 29.7 Å². The van der Waals surface area contributed by atoms with Crippen LogP contribution in [0, 0.1) is 5.82 Å². The van der Waals surface area contributed by atoms with E-state index < -0.39 is 6.10 Å². The largest absolute Gasteiger partial charge is 0.489 e. The molecule has 0 bridgehead atoms. The highest BCUT2D eigenvalue weighted by Gasteiger charge is 2.27. The predicted molar refractivity (Wildman–Crippen MR) is 91.4 cm³/mol. The number of hydrogen-bond donors (Lipinski definition) is 3. The van der Waals surface area contributed by atoms with Gasteiger partial charge in [0.05, 0.1) is 12.1 Å². The molecule has 3 rings (SSSR count). The molecule has 0 radical (unpaired) electrons. The minimum atomic E-state index is -0.453. The average molecular weight is 344 g/mol. The fourth-order valence-corrected chi connectivity index (χ4v) is 2.73. The summed E-state index contributed by atoms with van der Waals surface area (Å²) in [5, 5.41) is 15.3. The van der Waals surface area contributed by atoms with Gasteiger partial charge in [-0.05, 0) is 41.8 Å². The second kappa shape index (κ2) is 8.09. The number of nitrogens with one attached hydrogen (secondary N) is 2. The van der Waals surface area contributed by atoms with Gasteiger partial charge in [-0.2, -0.15) is 0 Å². The summed E-state index contributed by atoms with van der Waals surface area (Å²) in [6.07, 6.45) is -0.0103. The predicted octanol–water partition coefficient (Wildman–Crippen LogP) is 1.74. The Labute approximate surface area is 145 Å². The molecule has 1 saturated heterocycles. The lowest BCUT2D eigenvalue weighted by Gasteiger charge is -2.11. The van der Waals surface area contributed by atoms with Crippen molar-refractivity contribution in [3.05, 3.63) is 65.5 Å². The minimum Gasteiger partial charge on any atom is -0.489 e. The number of rotatable bonds is 6. The Morgan fingerprint density at radius 3 is 2.72 bits per heavy atom. The first-order chi connectivity index (χ1) is 12.1. The highest BCUT2D eigenvalue weighted by molar-refractivity contribution is 5.82. The molecule has 2 atom stereocenters. The second-order valence-electron chi connectivity index (χ2n) is 6.13. The van der Waals surface area contributed by atoms with E-state index in [1.165, 1.54) is 12.1 Å². The Morgan fingerprint density at radius 2 is 2.04 bits per heavy atom. The number of halogens is 1. The number of aliphatic hydroxyl groups excluding tert-OH is 1. The molecule has 1 amide bonds. The monoisotopic (exact) mass is 344 g/mol. The first kappa shape index (κ1) is 17.4. The van der Waals surface area contributed by atoms with Gasteiger partial charge in [-0.1, -0.05) is 24.3 Å². The number of hydrogen-bond acceptors (Lipinski definition) is 4. The third-order valence-electron chi connectivity index (χ3n) is 4.11. The quantitative estimate of drug-likeness (QED) is 0.747. The molecule has 2 aromatic carbocycles. The molecule has 0 unspecified atom stereocenters. The van der Waals surface area contributed by atoms with Gasteiger partial charge in [0.15, 0.2) is 0 Å². The van der Waals surface area contributed by atoms with Crippen LogP contribution in [0.1, 0.15) is 17.5 Å². The number of β-amino-alcohol motifs (C(OH)–C–C–N with tert-alkyl or cyclic N) is 1. The van der Waals surface area contributed by atoms with Gasteiger partial charge in [-0.3, -0.25) is 4.79 Å². The maximum atomic E-state index is 13.1. The van der Waals surface area contributed by atoms with E-state index in [-0.39, 0.29) is 17.8 Å². The number of aliphatic hydroxyl groups is 1. The van der Waals surface area contributed by atoms with Gasteiger partial charge in [0.1, 0.15) is 18.2 Å². The summed E-state index contributed by atoms with van der Waals surface area (Å²) in [4.78, 5) is 12.0. The van der Waals surface area contributed by atoms with E-state index in [1.807, 2.05) is 24.3 Å². The van der Waals surface area contributed by atoms with Gasteiger partial charge >= 0.3 is 0 Å². The van der Waals surface area contributed by atoms with Crippen molar-refractivity contribution < 1.29 is 19.0 Å². The van der Waals surface area contributed by atoms with Crippen molar-refractivity contribution in [3.8, 4) is 5.75 Å². The molecule has 2 aromatic rings. The minimum absolute atomic E-state index is 0.108. The molecule has 1 aliphatic rings. The number of carbonyl (C=O) groups excluding carboxylic acids is 1. The Hall–Kier alpha value is -2.44. The lowest BCUT2D eigenvalue weighted by molar-refractivity contribution is -0.123. The molecular weight excluding hydrogens is 323 g/mol. The third-order valence-corrected chi connectivity index (χ3v) is 4.11. The van der Waals surface area contributed by atoms with E-state index in [1.54, 1.807) is 12.1 Å². The Balaban J connectivity index is 1.46. The van der Waals surface area contributed by atoms with Crippen LogP contribution >= 0.6 is 0 Å². The molecule has 0 aliphatic carbocycles. The maximum absolute atomic E-state index is 13.1. The van der Waals surface area contributed by atoms with Crippen molar-refractivity contribution >= 4 is 5.91 Å². The first-order valence-corrected chi connectivity index (χ1v) is 8.25. The van der Waals surface area contributed by atoms with Crippen molar-refractivity contribution in [3.63, 3.8) is 0 Å².